The van der Waals surface area contributed by atoms with Crippen LogP contribution in [0.3, 0.4) is 0 Å². The predicted molar refractivity (Wildman–Crippen MR) is 53.5 cm³/mol. The van der Waals surface area contributed by atoms with E-state index in [1.807, 2.05) is 0 Å². The molecule has 76 valence electrons. The van der Waals surface area contributed by atoms with Crippen LogP contribution in [0.25, 0.3) is 11.4 Å². The first-order chi connectivity index (χ1) is 7.20. The molecule has 0 atom stereocenters. The molecule has 1 aromatic carbocycles. The quantitative estimate of drug-likeness (QED) is 0.625. The van der Waals surface area contributed by atoms with Gasteiger partial charge in [0.25, 0.3) is 5.69 Å². The minimum Gasteiger partial charge on any atom is -0.259 e. The van der Waals surface area contributed by atoms with Crippen molar-refractivity contribution in [1.29, 1.82) is 0 Å². The summed E-state index contributed by atoms with van der Waals surface area (Å²) >= 11 is 5.87. The Bertz CT molecular complexity index is 497. The minimum absolute atomic E-state index is 0.0549. The molecule has 1 aromatic heterocycles. The van der Waals surface area contributed by atoms with Gasteiger partial charge in [-0.15, -0.1) is 0 Å². The Hall–Kier alpha value is -1.95. The summed E-state index contributed by atoms with van der Waals surface area (Å²) in [5.41, 5.74) is 0.314. The van der Waals surface area contributed by atoms with E-state index in [9.17, 15) is 10.1 Å². The van der Waals surface area contributed by atoms with Gasteiger partial charge in [-0.05, 0) is 6.07 Å². The number of rotatable bonds is 2. The van der Waals surface area contributed by atoms with E-state index in [0.29, 0.717) is 11.4 Å². The smallest absolute Gasteiger partial charge is 0.259 e. The molecule has 1 N–H and O–H groups in total. The predicted octanol–water partition coefficient (Wildman–Crippen LogP) is 2.03. The molecule has 0 saturated carbocycles. The molecule has 2 rings (SSSR count). The number of aromatic amines is 1. The number of nitrogens with one attached hydrogen (secondary N) is 1. The highest BCUT2D eigenvalue weighted by Crippen LogP contribution is 2.32. The summed E-state index contributed by atoms with van der Waals surface area (Å²) in [6.45, 7) is 0. The SMILES string of the molecule is O=[N+]([O-])c1cccc(-c2ncn[nH]2)c1Cl. The number of halogens is 1. The molecule has 6 nitrogen and oxygen atoms in total. The highest BCUT2D eigenvalue weighted by atomic mass is 35.5. The molecular weight excluding hydrogens is 220 g/mol. The molecule has 0 saturated heterocycles. The Balaban J connectivity index is 2.59. The molecule has 0 amide bonds. The van der Waals surface area contributed by atoms with Gasteiger partial charge in [0.1, 0.15) is 11.3 Å². The topological polar surface area (TPSA) is 84.7 Å². The molecule has 15 heavy (non-hydrogen) atoms. The van der Waals surface area contributed by atoms with E-state index in [1.165, 1.54) is 12.4 Å². The van der Waals surface area contributed by atoms with E-state index in [1.54, 1.807) is 12.1 Å². The molecule has 0 bridgehead atoms. The van der Waals surface area contributed by atoms with Crippen LogP contribution in [0, 0.1) is 10.1 Å². The maximum absolute atomic E-state index is 10.6. The van der Waals surface area contributed by atoms with Crippen LogP contribution in [-0.4, -0.2) is 20.1 Å². The zero-order chi connectivity index (χ0) is 10.8. The van der Waals surface area contributed by atoms with E-state index in [4.69, 9.17) is 11.6 Å². The average molecular weight is 225 g/mol. The van der Waals surface area contributed by atoms with Crippen molar-refractivity contribution in [3.63, 3.8) is 0 Å². The molecule has 0 aliphatic rings. The lowest BCUT2D eigenvalue weighted by molar-refractivity contribution is -0.384. The Kier molecular flexibility index (Phi) is 2.34. The van der Waals surface area contributed by atoms with Crippen LogP contribution in [0.2, 0.25) is 5.02 Å². The lowest BCUT2D eigenvalue weighted by Gasteiger charge is -2.00. The van der Waals surface area contributed by atoms with Crippen molar-refractivity contribution in [2.75, 3.05) is 0 Å². The number of nitro groups is 1. The lowest BCUT2D eigenvalue weighted by atomic mass is 10.2. The minimum atomic E-state index is -0.539. The summed E-state index contributed by atoms with van der Waals surface area (Å²) in [6, 6.07) is 4.51. The molecule has 0 unspecified atom stereocenters. The van der Waals surface area contributed by atoms with Crippen molar-refractivity contribution >= 4 is 17.3 Å². The van der Waals surface area contributed by atoms with Gasteiger partial charge in [0, 0.05) is 11.6 Å². The van der Waals surface area contributed by atoms with Crippen LogP contribution in [0.5, 0.6) is 0 Å². The van der Waals surface area contributed by atoms with Gasteiger partial charge < -0.3 is 0 Å². The maximum Gasteiger partial charge on any atom is 0.288 e. The fourth-order valence-corrected chi connectivity index (χ4v) is 1.46. The van der Waals surface area contributed by atoms with Crippen molar-refractivity contribution in [3.05, 3.63) is 39.7 Å². The molecule has 1 heterocycles. The van der Waals surface area contributed by atoms with E-state index >= 15 is 0 Å². The third kappa shape index (κ3) is 1.66. The second-order valence-electron chi connectivity index (χ2n) is 2.73. The first-order valence-electron chi connectivity index (χ1n) is 3.99. The van der Waals surface area contributed by atoms with Crippen LogP contribution in [0.15, 0.2) is 24.5 Å². The van der Waals surface area contributed by atoms with Gasteiger partial charge in [0.2, 0.25) is 0 Å². The van der Waals surface area contributed by atoms with E-state index in [-0.39, 0.29) is 10.7 Å². The first kappa shape index (κ1) is 9.60. The van der Waals surface area contributed by atoms with Crippen molar-refractivity contribution in [1.82, 2.24) is 15.2 Å². The number of benzene rings is 1. The Labute approximate surface area is 89.1 Å². The summed E-state index contributed by atoms with van der Waals surface area (Å²) in [5.74, 6) is 0.406. The summed E-state index contributed by atoms with van der Waals surface area (Å²) in [6.07, 6.45) is 1.31. The summed E-state index contributed by atoms with van der Waals surface area (Å²) in [5, 5.41) is 16.9. The molecule has 0 fully saturated rings. The van der Waals surface area contributed by atoms with E-state index in [0.717, 1.165) is 0 Å². The van der Waals surface area contributed by atoms with Gasteiger partial charge in [0.05, 0.1) is 4.92 Å². The van der Waals surface area contributed by atoms with Gasteiger partial charge in [-0.3, -0.25) is 15.2 Å². The third-order valence-corrected chi connectivity index (χ3v) is 2.24. The standard InChI is InChI=1S/C8H5ClN4O2/c9-7-5(8-10-4-11-12-8)2-1-3-6(7)13(14)15/h1-4H,(H,10,11,12). The van der Waals surface area contributed by atoms with E-state index < -0.39 is 4.92 Å². The second-order valence-corrected chi connectivity index (χ2v) is 3.11. The molecule has 0 aliphatic carbocycles. The number of hydrogen-bond donors (Lipinski definition) is 1. The highest BCUT2D eigenvalue weighted by Gasteiger charge is 2.17. The summed E-state index contributed by atoms with van der Waals surface area (Å²) in [4.78, 5) is 14.0. The van der Waals surface area contributed by atoms with Crippen LogP contribution >= 0.6 is 11.6 Å². The van der Waals surface area contributed by atoms with Gasteiger partial charge in [-0.1, -0.05) is 17.7 Å². The van der Waals surface area contributed by atoms with E-state index in [2.05, 4.69) is 15.2 Å². The van der Waals surface area contributed by atoms with Crippen molar-refractivity contribution < 1.29 is 4.92 Å². The third-order valence-electron chi connectivity index (χ3n) is 1.85. The summed E-state index contributed by atoms with van der Waals surface area (Å²) in [7, 11) is 0. The van der Waals surface area contributed by atoms with Crippen LogP contribution in [0.1, 0.15) is 0 Å². The zero-order valence-corrected chi connectivity index (χ0v) is 8.10. The largest absolute Gasteiger partial charge is 0.288 e. The highest BCUT2D eigenvalue weighted by molar-refractivity contribution is 6.35. The maximum atomic E-state index is 10.6. The van der Waals surface area contributed by atoms with Crippen molar-refractivity contribution in [3.8, 4) is 11.4 Å². The van der Waals surface area contributed by atoms with Crippen LogP contribution in [-0.2, 0) is 0 Å². The van der Waals surface area contributed by atoms with Crippen molar-refractivity contribution in [2.24, 2.45) is 0 Å². The summed E-state index contributed by atoms with van der Waals surface area (Å²) < 4.78 is 0. The number of hydrogen-bond acceptors (Lipinski definition) is 4. The number of nitrogens with zero attached hydrogens (tertiary/aromatic N) is 3. The fourth-order valence-electron chi connectivity index (χ4n) is 1.18. The molecule has 0 radical (unpaired) electrons. The fraction of sp³-hybridized carbons (Fsp3) is 0. The first-order valence-corrected chi connectivity index (χ1v) is 4.36. The molecule has 2 aromatic rings. The van der Waals surface area contributed by atoms with Gasteiger partial charge in [-0.2, -0.15) is 5.10 Å². The average Bonchev–Trinajstić information content (AvgIpc) is 2.70. The Morgan fingerprint density at radius 1 is 1.47 bits per heavy atom. The number of aromatic nitrogens is 3. The Morgan fingerprint density at radius 3 is 2.87 bits per heavy atom. The zero-order valence-electron chi connectivity index (χ0n) is 7.35. The van der Waals surface area contributed by atoms with Crippen LogP contribution < -0.4 is 0 Å². The van der Waals surface area contributed by atoms with Gasteiger partial charge in [-0.25, -0.2) is 4.98 Å². The molecule has 0 spiro atoms. The molecule has 0 aliphatic heterocycles. The van der Waals surface area contributed by atoms with Crippen molar-refractivity contribution in [2.45, 2.75) is 0 Å². The monoisotopic (exact) mass is 224 g/mol. The van der Waals surface area contributed by atoms with Gasteiger partial charge >= 0.3 is 0 Å². The normalized spacial score (nSPS) is 10.2. The number of nitro benzene ring substituents is 1. The van der Waals surface area contributed by atoms with Gasteiger partial charge in [0.15, 0.2) is 5.82 Å². The molecular formula is C8H5ClN4O2. The second kappa shape index (κ2) is 3.66. The van der Waals surface area contributed by atoms with Crippen LogP contribution in [0.4, 0.5) is 5.69 Å². The Morgan fingerprint density at radius 2 is 2.27 bits per heavy atom. The molecule has 7 heteroatoms. The number of H-pyrrole nitrogens is 1. The lowest BCUT2D eigenvalue weighted by Crippen LogP contribution is -1.91.